The lowest BCUT2D eigenvalue weighted by molar-refractivity contribution is -0.141. The summed E-state index contributed by atoms with van der Waals surface area (Å²) in [6, 6.07) is 10.3. The van der Waals surface area contributed by atoms with E-state index >= 15 is 0 Å². The zero-order valence-electron chi connectivity index (χ0n) is 17.1. The van der Waals surface area contributed by atoms with Gasteiger partial charge in [0.05, 0.1) is 5.69 Å². The van der Waals surface area contributed by atoms with Gasteiger partial charge in [0, 0.05) is 31.2 Å². The SMILES string of the molecule is Fc1ccc(-c2nc(CN[C@H]3CC[C@@H]4CN(c5cccc(C(F)(F)F)n5)C[C@@H]43)co2)cc1. The third kappa shape index (κ3) is 4.21. The van der Waals surface area contributed by atoms with E-state index in [9.17, 15) is 17.6 Å². The van der Waals surface area contributed by atoms with Crippen LogP contribution >= 0.6 is 0 Å². The van der Waals surface area contributed by atoms with Crippen LogP contribution < -0.4 is 10.2 Å². The molecule has 5 nitrogen and oxygen atoms in total. The standard InChI is InChI=1S/C23H22F4N4O/c24-16-7-4-14(5-8-16)22-29-17(13-32-22)10-28-19-9-6-15-11-31(12-18(15)19)21-3-1-2-20(30-21)23(25,26)27/h1-5,7-8,13,15,18-19,28H,6,9-12H2/t15-,18+,19+/m1/s1. The van der Waals surface area contributed by atoms with Gasteiger partial charge >= 0.3 is 6.18 Å². The number of aromatic nitrogens is 2. The highest BCUT2D eigenvalue weighted by Gasteiger charge is 2.43. The predicted octanol–water partition coefficient (Wildman–Crippen LogP) is 4.90. The van der Waals surface area contributed by atoms with Crippen LogP contribution in [0.15, 0.2) is 53.1 Å². The molecule has 1 saturated carbocycles. The first-order chi connectivity index (χ1) is 15.4. The van der Waals surface area contributed by atoms with Gasteiger partial charge in [0.25, 0.3) is 0 Å². The summed E-state index contributed by atoms with van der Waals surface area (Å²) in [4.78, 5) is 10.3. The maximum absolute atomic E-state index is 13.1. The molecule has 2 aliphatic rings. The third-order valence-corrected chi connectivity index (χ3v) is 6.39. The molecule has 0 bridgehead atoms. The normalized spacial score (nSPS) is 23.0. The quantitative estimate of drug-likeness (QED) is 0.565. The second kappa shape index (κ2) is 8.20. The third-order valence-electron chi connectivity index (χ3n) is 6.39. The Morgan fingerprint density at radius 2 is 1.84 bits per heavy atom. The number of benzene rings is 1. The molecule has 1 aliphatic heterocycles. The number of oxazole rings is 1. The molecule has 3 heterocycles. The van der Waals surface area contributed by atoms with Crippen molar-refractivity contribution in [2.45, 2.75) is 31.6 Å². The first-order valence-corrected chi connectivity index (χ1v) is 10.6. The van der Waals surface area contributed by atoms with E-state index in [1.165, 1.54) is 18.2 Å². The first-order valence-electron chi connectivity index (χ1n) is 10.6. The fraction of sp³-hybridized carbons (Fsp3) is 0.391. The summed E-state index contributed by atoms with van der Waals surface area (Å²) in [6.45, 7) is 1.92. The molecule has 0 radical (unpaired) electrons. The fourth-order valence-corrected chi connectivity index (χ4v) is 4.81. The van der Waals surface area contributed by atoms with E-state index in [-0.39, 0.29) is 11.9 Å². The maximum Gasteiger partial charge on any atom is 0.433 e. The van der Waals surface area contributed by atoms with Crippen LogP contribution in [0.4, 0.5) is 23.4 Å². The molecule has 168 valence electrons. The second-order valence-electron chi connectivity index (χ2n) is 8.42. The molecule has 2 fully saturated rings. The van der Waals surface area contributed by atoms with Crippen molar-refractivity contribution in [3.05, 3.63) is 65.9 Å². The molecular weight excluding hydrogens is 424 g/mol. The van der Waals surface area contributed by atoms with Crippen molar-refractivity contribution in [2.24, 2.45) is 11.8 Å². The number of pyridine rings is 1. The van der Waals surface area contributed by atoms with Crippen LogP contribution in [0.3, 0.4) is 0 Å². The van der Waals surface area contributed by atoms with Crippen molar-refractivity contribution in [3.63, 3.8) is 0 Å². The number of hydrogen-bond acceptors (Lipinski definition) is 5. The second-order valence-corrected chi connectivity index (χ2v) is 8.42. The molecule has 0 amide bonds. The van der Waals surface area contributed by atoms with Crippen molar-refractivity contribution in [2.75, 3.05) is 18.0 Å². The molecule has 32 heavy (non-hydrogen) atoms. The number of halogens is 4. The van der Waals surface area contributed by atoms with Gasteiger partial charge in [-0.3, -0.25) is 0 Å². The van der Waals surface area contributed by atoms with Gasteiger partial charge in [-0.2, -0.15) is 13.2 Å². The molecule has 1 aromatic carbocycles. The van der Waals surface area contributed by atoms with E-state index in [0.29, 0.717) is 42.2 Å². The summed E-state index contributed by atoms with van der Waals surface area (Å²) < 4.78 is 57.7. The molecule has 3 atom stereocenters. The summed E-state index contributed by atoms with van der Waals surface area (Å²) in [5, 5.41) is 3.54. The van der Waals surface area contributed by atoms with E-state index < -0.39 is 11.9 Å². The molecule has 0 spiro atoms. The van der Waals surface area contributed by atoms with Gasteiger partial charge in [0.15, 0.2) is 0 Å². The van der Waals surface area contributed by atoms with Crippen molar-refractivity contribution in [1.82, 2.24) is 15.3 Å². The van der Waals surface area contributed by atoms with Gasteiger partial charge < -0.3 is 14.6 Å². The Morgan fingerprint density at radius 1 is 1.03 bits per heavy atom. The van der Waals surface area contributed by atoms with Crippen molar-refractivity contribution < 1.29 is 22.0 Å². The van der Waals surface area contributed by atoms with Crippen LogP contribution in [0.25, 0.3) is 11.5 Å². The molecular formula is C23H22F4N4O. The van der Waals surface area contributed by atoms with E-state index in [1.54, 1.807) is 24.5 Å². The van der Waals surface area contributed by atoms with Crippen LogP contribution in [0.5, 0.6) is 0 Å². The lowest BCUT2D eigenvalue weighted by Crippen LogP contribution is -2.35. The van der Waals surface area contributed by atoms with E-state index in [1.807, 2.05) is 4.90 Å². The van der Waals surface area contributed by atoms with Crippen LogP contribution in [0.2, 0.25) is 0 Å². The lowest BCUT2D eigenvalue weighted by atomic mass is 9.98. The van der Waals surface area contributed by atoms with Crippen LogP contribution in [-0.4, -0.2) is 29.1 Å². The number of hydrogen-bond donors (Lipinski definition) is 1. The minimum absolute atomic E-state index is 0.252. The average Bonchev–Trinajstić information content (AvgIpc) is 3.49. The topological polar surface area (TPSA) is 54.2 Å². The monoisotopic (exact) mass is 446 g/mol. The van der Waals surface area contributed by atoms with Crippen LogP contribution in [0.1, 0.15) is 24.2 Å². The lowest BCUT2D eigenvalue weighted by Gasteiger charge is -2.22. The Labute approximate surface area is 182 Å². The molecule has 1 N–H and O–H groups in total. The minimum Gasteiger partial charge on any atom is -0.444 e. The van der Waals surface area contributed by atoms with Gasteiger partial charge in [0.2, 0.25) is 5.89 Å². The highest BCUT2D eigenvalue weighted by molar-refractivity contribution is 5.52. The zero-order valence-corrected chi connectivity index (χ0v) is 17.1. The Kier molecular flexibility index (Phi) is 5.36. The van der Waals surface area contributed by atoms with Gasteiger partial charge in [-0.15, -0.1) is 0 Å². The molecule has 1 saturated heterocycles. The number of rotatable bonds is 5. The smallest absolute Gasteiger partial charge is 0.433 e. The highest BCUT2D eigenvalue weighted by Crippen LogP contribution is 2.40. The maximum atomic E-state index is 13.1. The molecule has 2 aromatic heterocycles. The summed E-state index contributed by atoms with van der Waals surface area (Å²) >= 11 is 0. The van der Waals surface area contributed by atoms with Crippen molar-refractivity contribution in [1.29, 1.82) is 0 Å². The summed E-state index contributed by atoms with van der Waals surface area (Å²) in [5.74, 6) is 1.27. The zero-order chi connectivity index (χ0) is 22.3. The molecule has 0 unspecified atom stereocenters. The number of alkyl halides is 3. The summed E-state index contributed by atoms with van der Waals surface area (Å²) in [6.07, 6.45) is -0.814. The van der Waals surface area contributed by atoms with E-state index in [2.05, 4.69) is 15.3 Å². The predicted molar refractivity (Wildman–Crippen MR) is 110 cm³/mol. The van der Waals surface area contributed by atoms with E-state index in [0.717, 1.165) is 31.1 Å². The number of anilines is 1. The number of nitrogens with one attached hydrogen (secondary N) is 1. The van der Waals surface area contributed by atoms with Crippen LogP contribution in [-0.2, 0) is 12.7 Å². The fourth-order valence-electron chi connectivity index (χ4n) is 4.81. The highest BCUT2D eigenvalue weighted by atomic mass is 19.4. The average molecular weight is 446 g/mol. The summed E-state index contributed by atoms with van der Waals surface area (Å²) in [7, 11) is 0. The number of fused-ring (bicyclic) bond motifs is 1. The van der Waals surface area contributed by atoms with Crippen molar-refractivity contribution in [3.8, 4) is 11.5 Å². The Morgan fingerprint density at radius 3 is 2.62 bits per heavy atom. The Bertz CT molecular complexity index is 1080. The van der Waals surface area contributed by atoms with Crippen LogP contribution in [0, 0.1) is 17.7 Å². The molecule has 5 rings (SSSR count). The first kappa shape index (κ1) is 20.9. The van der Waals surface area contributed by atoms with Gasteiger partial charge in [-0.05, 0) is 61.1 Å². The van der Waals surface area contributed by atoms with Gasteiger partial charge in [-0.1, -0.05) is 6.07 Å². The minimum atomic E-state index is -4.44. The summed E-state index contributed by atoms with van der Waals surface area (Å²) in [5.41, 5.74) is 0.602. The van der Waals surface area contributed by atoms with Crippen molar-refractivity contribution >= 4 is 5.82 Å². The van der Waals surface area contributed by atoms with Gasteiger partial charge in [0.1, 0.15) is 23.6 Å². The van der Waals surface area contributed by atoms with Gasteiger partial charge in [-0.25, -0.2) is 14.4 Å². The largest absolute Gasteiger partial charge is 0.444 e. The molecule has 1 aliphatic carbocycles. The number of nitrogens with zero attached hydrogens (tertiary/aromatic N) is 3. The molecule has 3 aromatic rings. The molecule has 9 heteroatoms. The Hall–Kier alpha value is -2.94. The Balaban J connectivity index is 1.21. The van der Waals surface area contributed by atoms with E-state index in [4.69, 9.17) is 4.42 Å².